The zero-order valence-electron chi connectivity index (χ0n) is 25.8. The second kappa shape index (κ2) is 17.6. The first-order valence-electron chi connectivity index (χ1n) is 14.9. The predicted octanol–water partition coefficient (Wildman–Crippen LogP) is 5.96. The fourth-order valence-electron chi connectivity index (χ4n) is 5.05. The minimum atomic E-state index is -4.86. The van der Waals surface area contributed by atoms with Gasteiger partial charge >= 0.3 is 6.18 Å². The molecule has 2 saturated heterocycles. The van der Waals surface area contributed by atoms with Gasteiger partial charge < -0.3 is 24.4 Å². The molecular formula is C32H45F3N4O7. The number of amides is 1. The molecule has 0 unspecified atom stereocenters. The first-order valence-corrected chi connectivity index (χ1v) is 14.9. The van der Waals surface area contributed by atoms with E-state index in [1.807, 2.05) is 12.1 Å². The van der Waals surface area contributed by atoms with Crippen molar-refractivity contribution in [1.29, 1.82) is 0 Å². The molecule has 1 amide bonds. The van der Waals surface area contributed by atoms with Gasteiger partial charge in [-0.15, -0.1) is 0 Å². The summed E-state index contributed by atoms with van der Waals surface area (Å²) in [5.74, 6) is 0.500. The summed E-state index contributed by atoms with van der Waals surface area (Å²) in [6.07, 6.45) is -3.87. The number of nitrogens with zero attached hydrogens (tertiary/aromatic N) is 4. The number of anilines is 1. The van der Waals surface area contributed by atoms with Gasteiger partial charge in [0, 0.05) is 83.8 Å². The van der Waals surface area contributed by atoms with Crippen LogP contribution in [-0.2, 0) is 15.8 Å². The van der Waals surface area contributed by atoms with E-state index in [4.69, 9.17) is 19.4 Å². The summed E-state index contributed by atoms with van der Waals surface area (Å²) in [4.78, 5) is 38.1. The lowest BCUT2D eigenvalue weighted by Gasteiger charge is -2.37. The van der Waals surface area contributed by atoms with Crippen LogP contribution in [0.5, 0.6) is 11.5 Å². The van der Waals surface area contributed by atoms with E-state index >= 15 is 0 Å². The summed E-state index contributed by atoms with van der Waals surface area (Å²) in [5, 5.41) is 18.4. The van der Waals surface area contributed by atoms with Gasteiger partial charge in [-0.1, -0.05) is 21.3 Å². The molecule has 0 atom stereocenters. The van der Waals surface area contributed by atoms with Crippen LogP contribution in [0.3, 0.4) is 0 Å². The van der Waals surface area contributed by atoms with E-state index in [0.29, 0.717) is 57.5 Å². The molecule has 2 fully saturated rings. The van der Waals surface area contributed by atoms with Crippen molar-refractivity contribution in [3.05, 3.63) is 58.1 Å². The maximum atomic E-state index is 13.3. The Kier molecular flexibility index (Phi) is 14.6. The Morgan fingerprint density at radius 1 is 1.00 bits per heavy atom. The van der Waals surface area contributed by atoms with E-state index in [9.17, 15) is 28.1 Å². The molecule has 1 N–H and O–H groups in total. The van der Waals surface area contributed by atoms with Gasteiger partial charge in [0.2, 0.25) is 5.91 Å². The van der Waals surface area contributed by atoms with Gasteiger partial charge in [-0.3, -0.25) is 24.6 Å². The van der Waals surface area contributed by atoms with E-state index in [-0.39, 0.29) is 25.2 Å². The van der Waals surface area contributed by atoms with Crippen molar-refractivity contribution in [2.75, 3.05) is 57.3 Å². The summed E-state index contributed by atoms with van der Waals surface area (Å²) in [6.45, 7) is 11.1. The Hall–Kier alpha value is -4.07. The number of halogens is 3. The topological polar surface area (TPSA) is 126 Å². The largest absolute Gasteiger partial charge is 0.493 e. The van der Waals surface area contributed by atoms with E-state index in [1.54, 1.807) is 4.90 Å². The molecule has 2 aromatic rings. The van der Waals surface area contributed by atoms with Gasteiger partial charge in [-0.05, 0) is 42.3 Å². The summed E-state index contributed by atoms with van der Waals surface area (Å²) < 4.78 is 51.2. The molecule has 0 spiro atoms. The number of alkyl halides is 3. The average Bonchev–Trinajstić information content (AvgIpc) is 2.99. The second-order valence-electron chi connectivity index (χ2n) is 11.4. The van der Waals surface area contributed by atoms with Crippen LogP contribution in [0.15, 0.2) is 42.5 Å². The molecule has 2 aliphatic heterocycles. The number of hydrogen-bond acceptors (Lipinski definition) is 8. The SMILES string of the molecule is C.CC(=O)O.CC(C)COc1ccc(N2CCN(CCC(=O)N3CCC(Oc4ccc([N+](=O)[O-])c(C(F)(F)F)c4)CC3)CC2)cc1. The smallest absolute Gasteiger partial charge is 0.423 e. The lowest BCUT2D eigenvalue weighted by molar-refractivity contribution is -0.388. The van der Waals surface area contributed by atoms with Crippen LogP contribution in [0.2, 0.25) is 0 Å². The van der Waals surface area contributed by atoms with Crippen molar-refractivity contribution in [3.63, 3.8) is 0 Å². The van der Waals surface area contributed by atoms with Gasteiger partial charge in [0.15, 0.2) is 0 Å². The van der Waals surface area contributed by atoms with Crippen LogP contribution in [0.4, 0.5) is 24.5 Å². The number of piperazine rings is 1. The third-order valence-corrected chi connectivity index (χ3v) is 7.37. The lowest BCUT2D eigenvalue weighted by Crippen LogP contribution is -2.48. The second-order valence-corrected chi connectivity index (χ2v) is 11.4. The highest BCUT2D eigenvalue weighted by molar-refractivity contribution is 5.76. The minimum absolute atomic E-state index is 0. The van der Waals surface area contributed by atoms with Crippen molar-refractivity contribution in [1.82, 2.24) is 9.80 Å². The van der Waals surface area contributed by atoms with Crippen LogP contribution >= 0.6 is 0 Å². The summed E-state index contributed by atoms with van der Waals surface area (Å²) in [6, 6.07) is 10.8. The van der Waals surface area contributed by atoms with Crippen LogP contribution < -0.4 is 14.4 Å². The third-order valence-electron chi connectivity index (χ3n) is 7.37. The molecule has 11 nitrogen and oxygen atoms in total. The number of nitro benzene ring substituents is 1. The summed E-state index contributed by atoms with van der Waals surface area (Å²) in [5.41, 5.74) is -1.18. The quantitative estimate of drug-likeness (QED) is 0.244. The van der Waals surface area contributed by atoms with Crippen molar-refractivity contribution in [2.45, 2.75) is 59.7 Å². The third kappa shape index (κ3) is 12.0. The average molecular weight is 655 g/mol. The molecule has 2 aromatic carbocycles. The highest BCUT2D eigenvalue weighted by atomic mass is 19.4. The predicted molar refractivity (Wildman–Crippen MR) is 168 cm³/mol. The van der Waals surface area contributed by atoms with Gasteiger partial charge in [-0.25, -0.2) is 0 Å². The Morgan fingerprint density at radius 2 is 1.57 bits per heavy atom. The molecule has 0 saturated carbocycles. The fraction of sp³-hybridized carbons (Fsp3) is 0.562. The number of carboxylic acid groups (broad SMARTS) is 1. The number of likely N-dealkylation sites (tertiary alicyclic amines) is 1. The molecule has 4 rings (SSSR count). The first-order chi connectivity index (χ1) is 21.2. The maximum Gasteiger partial charge on any atom is 0.423 e. The molecular weight excluding hydrogens is 609 g/mol. The minimum Gasteiger partial charge on any atom is -0.493 e. The maximum absolute atomic E-state index is 13.3. The molecule has 2 heterocycles. The first kappa shape index (κ1) is 38.1. The van der Waals surface area contributed by atoms with E-state index in [2.05, 4.69) is 35.8 Å². The zero-order valence-corrected chi connectivity index (χ0v) is 25.8. The van der Waals surface area contributed by atoms with Crippen molar-refractivity contribution in [3.8, 4) is 11.5 Å². The van der Waals surface area contributed by atoms with E-state index < -0.39 is 28.3 Å². The standard InChI is InChI=1S/C29H37F3N4O5.C2H4O2.CH4/c1-21(2)20-40-23-5-3-22(4-6-23)34-17-15-33(16-18-34)12-11-28(37)35-13-9-24(10-14-35)41-25-7-8-27(36(38)39)26(19-25)29(30,31)32;1-2(3)4;/h3-8,19,21,24H,9-18,20H2,1-2H3;1H3,(H,3,4);1H4. The molecule has 0 bridgehead atoms. The highest BCUT2D eigenvalue weighted by Gasteiger charge is 2.39. The lowest BCUT2D eigenvalue weighted by atomic mass is 10.1. The molecule has 14 heteroatoms. The van der Waals surface area contributed by atoms with Crippen LogP contribution in [0, 0.1) is 16.0 Å². The molecule has 0 radical (unpaired) electrons. The molecule has 46 heavy (non-hydrogen) atoms. The summed E-state index contributed by atoms with van der Waals surface area (Å²) in [7, 11) is 0. The van der Waals surface area contributed by atoms with E-state index in [1.165, 1.54) is 6.07 Å². The number of ether oxygens (including phenoxy) is 2. The highest BCUT2D eigenvalue weighted by Crippen LogP contribution is 2.38. The van der Waals surface area contributed by atoms with Crippen LogP contribution in [-0.4, -0.2) is 90.2 Å². The van der Waals surface area contributed by atoms with Gasteiger partial charge in [0.1, 0.15) is 23.2 Å². The Bertz CT molecular complexity index is 1270. The molecule has 0 aliphatic carbocycles. The Labute approximate surface area is 268 Å². The molecule has 2 aliphatic rings. The van der Waals surface area contributed by atoms with Gasteiger partial charge in [0.05, 0.1) is 11.5 Å². The van der Waals surface area contributed by atoms with Gasteiger partial charge in [-0.2, -0.15) is 13.2 Å². The molecule has 0 aromatic heterocycles. The van der Waals surface area contributed by atoms with Gasteiger partial charge in [0.25, 0.3) is 11.7 Å². The number of hydrogen-bond donors (Lipinski definition) is 1. The number of carbonyl (C=O) groups excluding carboxylic acids is 1. The Balaban J connectivity index is 0.00000139. The number of benzene rings is 2. The normalized spacial score (nSPS) is 15.8. The van der Waals surface area contributed by atoms with Crippen molar-refractivity contribution < 1.29 is 42.3 Å². The number of carboxylic acids is 1. The number of carbonyl (C=O) groups is 2. The number of nitro groups is 1. The molecule has 256 valence electrons. The number of rotatable bonds is 10. The van der Waals surface area contributed by atoms with Crippen molar-refractivity contribution in [2.24, 2.45) is 5.92 Å². The van der Waals surface area contributed by atoms with Crippen LogP contribution in [0.25, 0.3) is 0 Å². The number of aliphatic carboxylic acids is 1. The number of piperidine rings is 1. The monoisotopic (exact) mass is 654 g/mol. The fourth-order valence-corrected chi connectivity index (χ4v) is 5.05. The Morgan fingerprint density at radius 3 is 2.09 bits per heavy atom. The van der Waals surface area contributed by atoms with Crippen LogP contribution in [0.1, 0.15) is 53.0 Å². The zero-order chi connectivity index (χ0) is 33.1. The van der Waals surface area contributed by atoms with E-state index in [0.717, 1.165) is 50.6 Å². The van der Waals surface area contributed by atoms with Crippen molar-refractivity contribution >= 4 is 23.3 Å². The summed E-state index contributed by atoms with van der Waals surface area (Å²) >= 11 is 0.